The van der Waals surface area contributed by atoms with Crippen LogP contribution in [-0.2, 0) is 12.8 Å². The molecule has 1 aromatic carbocycles. The summed E-state index contributed by atoms with van der Waals surface area (Å²) in [6.07, 6.45) is 11.8. The molecular formula is C26H31FN2S3. The van der Waals surface area contributed by atoms with E-state index >= 15 is 4.39 Å². The molecule has 0 aliphatic rings. The molecule has 3 heterocycles. The third-order valence-electron chi connectivity index (χ3n) is 6.05. The second-order valence-electron chi connectivity index (χ2n) is 8.41. The fourth-order valence-corrected chi connectivity index (χ4v) is 6.85. The Labute approximate surface area is 202 Å². The summed E-state index contributed by atoms with van der Waals surface area (Å²) in [5.74, 6) is -0.178. The largest absolute Gasteiger partial charge is 0.206 e. The summed E-state index contributed by atoms with van der Waals surface area (Å²) in [6, 6.07) is 6.05. The predicted octanol–water partition coefficient (Wildman–Crippen LogP) is 9.53. The van der Waals surface area contributed by atoms with Crippen LogP contribution >= 0.6 is 34.4 Å². The van der Waals surface area contributed by atoms with E-state index in [2.05, 4.69) is 45.5 Å². The van der Waals surface area contributed by atoms with E-state index in [4.69, 9.17) is 0 Å². The Morgan fingerprint density at radius 1 is 0.750 bits per heavy atom. The molecule has 3 aromatic heterocycles. The Morgan fingerprint density at radius 3 is 2.00 bits per heavy atom. The molecule has 6 heteroatoms. The molecule has 0 atom stereocenters. The molecule has 0 saturated carbocycles. The lowest BCUT2D eigenvalue weighted by atomic mass is 9.98. The van der Waals surface area contributed by atoms with Crippen LogP contribution in [0.25, 0.3) is 31.9 Å². The first kappa shape index (κ1) is 23.5. The van der Waals surface area contributed by atoms with Gasteiger partial charge in [0.2, 0.25) is 0 Å². The van der Waals surface area contributed by atoms with E-state index in [9.17, 15) is 0 Å². The molecule has 0 saturated heterocycles. The van der Waals surface area contributed by atoms with Crippen LogP contribution in [0.3, 0.4) is 0 Å². The number of hydrogen-bond donors (Lipinski definition) is 0. The highest BCUT2D eigenvalue weighted by Gasteiger charge is 2.22. The normalized spacial score (nSPS) is 11.6. The summed E-state index contributed by atoms with van der Waals surface area (Å²) < 4.78 is 24.9. The lowest BCUT2D eigenvalue weighted by Gasteiger charge is -2.10. The lowest BCUT2D eigenvalue weighted by molar-refractivity contribution is 0.633. The van der Waals surface area contributed by atoms with Gasteiger partial charge in [0.25, 0.3) is 0 Å². The Balaban J connectivity index is 1.67. The fraction of sp³-hybridized carbons (Fsp3) is 0.462. The first-order valence-electron chi connectivity index (χ1n) is 11.8. The maximum atomic E-state index is 15.7. The third kappa shape index (κ3) is 5.13. The Bertz CT molecular complexity index is 1140. The van der Waals surface area contributed by atoms with Crippen molar-refractivity contribution in [2.24, 2.45) is 0 Å². The molecular weight excluding hydrogens is 455 g/mol. The van der Waals surface area contributed by atoms with Crippen molar-refractivity contribution >= 4 is 45.4 Å². The SMILES string of the molecule is CCCCCCc1ccsc1-c1cc(F)c(-c2sccc2CCCCCC)c2nsnc12. The molecule has 0 bridgehead atoms. The molecule has 4 rings (SSSR count). The van der Waals surface area contributed by atoms with E-state index in [-0.39, 0.29) is 5.82 Å². The number of nitrogens with zero attached hydrogens (tertiary/aromatic N) is 2. The maximum absolute atomic E-state index is 15.7. The molecule has 0 aliphatic carbocycles. The molecule has 0 fully saturated rings. The zero-order valence-electron chi connectivity index (χ0n) is 19.0. The number of rotatable bonds is 12. The highest BCUT2D eigenvalue weighted by atomic mass is 32.1. The highest BCUT2D eigenvalue weighted by Crippen LogP contribution is 2.42. The molecule has 170 valence electrons. The molecule has 0 aliphatic heterocycles. The minimum atomic E-state index is -0.178. The van der Waals surface area contributed by atoms with Gasteiger partial charge in [0.05, 0.1) is 17.3 Å². The fourth-order valence-electron chi connectivity index (χ4n) is 4.30. The number of halogens is 1. The average Bonchev–Trinajstić information content (AvgIpc) is 3.55. The van der Waals surface area contributed by atoms with Crippen molar-refractivity contribution in [3.63, 3.8) is 0 Å². The minimum absolute atomic E-state index is 0.178. The van der Waals surface area contributed by atoms with Gasteiger partial charge in [-0.1, -0.05) is 52.4 Å². The van der Waals surface area contributed by atoms with E-state index in [1.807, 2.05) is 0 Å². The van der Waals surface area contributed by atoms with Gasteiger partial charge in [-0.25, -0.2) is 4.39 Å². The Kier molecular flexibility index (Phi) is 8.44. The van der Waals surface area contributed by atoms with Crippen molar-refractivity contribution in [2.45, 2.75) is 78.1 Å². The highest BCUT2D eigenvalue weighted by molar-refractivity contribution is 7.14. The van der Waals surface area contributed by atoms with Gasteiger partial charge in [-0.3, -0.25) is 0 Å². The van der Waals surface area contributed by atoms with Gasteiger partial charge in [-0.05, 0) is 65.8 Å². The van der Waals surface area contributed by atoms with Gasteiger partial charge in [0.15, 0.2) is 0 Å². The summed E-state index contributed by atoms with van der Waals surface area (Å²) >= 11 is 4.50. The van der Waals surface area contributed by atoms with Crippen molar-refractivity contribution in [3.05, 3.63) is 45.9 Å². The van der Waals surface area contributed by atoms with Crippen LogP contribution < -0.4 is 0 Å². The first-order valence-corrected chi connectivity index (χ1v) is 14.3. The monoisotopic (exact) mass is 486 g/mol. The summed E-state index contributed by atoms with van der Waals surface area (Å²) in [7, 11) is 0. The quantitative estimate of drug-likeness (QED) is 0.186. The van der Waals surface area contributed by atoms with Crippen LogP contribution in [0.15, 0.2) is 29.0 Å². The molecule has 0 N–H and O–H groups in total. The van der Waals surface area contributed by atoms with Gasteiger partial charge in [0, 0.05) is 15.3 Å². The van der Waals surface area contributed by atoms with E-state index in [0.717, 1.165) is 40.1 Å². The number of aryl methyl sites for hydroxylation is 2. The standard InChI is InChI=1S/C26H31FN2S3/c1-3-5-7-9-11-18-13-15-30-25(18)20-17-21(27)22(24-23(20)28-32-29-24)26-19(14-16-31-26)12-10-8-6-4-2/h13-17H,3-12H2,1-2H3. The minimum Gasteiger partial charge on any atom is -0.206 e. The summed E-state index contributed by atoms with van der Waals surface area (Å²) in [5, 5.41) is 4.20. The van der Waals surface area contributed by atoms with E-state index in [1.165, 1.54) is 67.8 Å². The number of aromatic nitrogens is 2. The molecule has 32 heavy (non-hydrogen) atoms. The van der Waals surface area contributed by atoms with Gasteiger partial charge >= 0.3 is 0 Å². The summed E-state index contributed by atoms with van der Waals surface area (Å²) in [5.41, 5.74) is 5.64. The van der Waals surface area contributed by atoms with Crippen molar-refractivity contribution in [1.29, 1.82) is 0 Å². The predicted molar refractivity (Wildman–Crippen MR) is 140 cm³/mol. The van der Waals surface area contributed by atoms with E-state index in [1.54, 1.807) is 28.7 Å². The van der Waals surface area contributed by atoms with Gasteiger partial charge < -0.3 is 0 Å². The van der Waals surface area contributed by atoms with Crippen LogP contribution in [0.1, 0.15) is 76.3 Å². The van der Waals surface area contributed by atoms with Crippen molar-refractivity contribution in [1.82, 2.24) is 8.75 Å². The van der Waals surface area contributed by atoms with E-state index in [0.29, 0.717) is 11.1 Å². The number of thiophene rings is 2. The lowest BCUT2D eigenvalue weighted by Crippen LogP contribution is -1.94. The zero-order valence-corrected chi connectivity index (χ0v) is 21.4. The average molecular weight is 487 g/mol. The number of fused-ring (bicyclic) bond motifs is 1. The first-order chi connectivity index (χ1) is 15.7. The second kappa shape index (κ2) is 11.5. The number of benzene rings is 1. The molecule has 0 amide bonds. The molecule has 0 spiro atoms. The van der Waals surface area contributed by atoms with E-state index < -0.39 is 0 Å². The topological polar surface area (TPSA) is 25.8 Å². The smallest absolute Gasteiger partial charge is 0.134 e. The molecule has 0 radical (unpaired) electrons. The van der Waals surface area contributed by atoms with Gasteiger partial charge in [0.1, 0.15) is 16.9 Å². The van der Waals surface area contributed by atoms with Crippen molar-refractivity contribution in [2.75, 3.05) is 0 Å². The molecule has 4 aromatic rings. The van der Waals surface area contributed by atoms with Crippen LogP contribution in [0.4, 0.5) is 4.39 Å². The third-order valence-corrected chi connectivity index (χ3v) is 8.55. The van der Waals surface area contributed by atoms with Gasteiger partial charge in [-0.15, -0.1) is 22.7 Å². The number of unbranched alkanes of at least 4 members (excludes halogenated alkanes) is 6. The second-order valence-corrected chi connectivity index (χ2v) is 10.8. The Morgan fingerprint density at radius 2 is 1.34 bits per heavy atom. The molecule has 2 nitrogen and oxygen atoms in total. The van der Waals surface area contributed by atoms with Crippen LogP contribution in [0.2, 0.25) is 0 Å². The molecule has 0 unspecified atom stereocenters. The van der Waals surface area contributed by atoms with Gasteiger partial charge in [-0.2, -0.15) is 8.75 Å². The zero-order chi connectivity index (χ0) is 22.3. The summed E-state index contributed by atoms with van der Waals surface area (Å²) in [4.78, 5) is 2.17. The van der Waals surface area contributed by atoms with Crippen LogP contribution in [-0.4, -0.2) is 8.75 Å². The van der Waals surface area contributed by atoms with Crippen LogP contribution in [0, 0.1) is 5.82 Å². The van der Waals surface area contributed by atoms with Crippen LogP contribution in [0.5, 0.6) is 0 Å². The maximum Gasteiger partial charge on any atom is 0.134 e. The summed E-state index contributed by atoms with van der Waals surface area (Å²) in [6.45, 7) is 4.46. The Hall–Kier alpha value is -1.63. The number of hydrogen-bond acceptors (Lipinski definition) is 5. The van der Waals surface area contributed by atoms with Crippen molar-refractivity contribution < 1.29 is 4.39 Å². The van der Waals surface area contributed by atoms with Crippen molar-refractivity contribution in [3.8, 4) is 20.9 Å².